The third kappa shape index (κ3) is 2.88. The highest BCUT2D eigenvalue weighted by molar-refractivity contribution is 6.31. The van der Waals surface area contributed by atoms with Gasteiger partial charge in [0.05, 0.1) is 11.1 Å². The van der Waals surface area contributed by atoms with Crippen molar-refractivity contribution in [2.24, 2.45) is 0 Å². The molecule has 7 nitrogen and oxygen atoms in total. The number of benzene rings is 1. The van der Waals surface area contributed by atoms with Crippen molar-refractivity contribution in [2.75, 3.05) is 0 Å². The molecular weight excluding hydrogens is 232 g/mol. The van der Waals surface area contributed by atoms with Crippen molar-refractivity contribution in [3.63, 3.8) is 0 Å². The molecule has 17 heavy (non-hydrogen) atoms. The maximum atomic E-state index is 11.3. The minimum atomic E-state index is -1.94. The van der Waals surface area contributed by atoms with E-state index in [0.29, 0.717) is 0 Å². The van der Waals surface area contributed by atoms with E-state index in [1.165, 1.54) is 12.1 Å². The van der Waals surface area contributed by atoms with Crippen LogP contribution >= 0.6 is 0 Å². The van der Waals surface area contributed by atoms with Gasteiger partial charge in [0, 0.05) is 0 Å². The molecule has 0 aliphatic heterocycles. The van der Waals surface area contributed by atoms with E-state index in [0.717, 1.165) is 12.1 Å². The molecule has 0 spiro atoms. The van der Waals surface area contributed by atoms with Gasteiger partial charge in [-0.2, -0.15) is 0 Å². The van der Waals surface area contributed by atoms with Gasteiger partial charge in [0.2, 0.25) is 0 Å². The third-order valence-corrected chi connectivity index (χ3v) is 1.74. The minimum absolute atomic E-state index is 0.379. The number of hydrogen-bond donors (Lipinski definition) is 2. The summed E-state index contributed by atoms with van der Waals surface area (Å²) < 4.78 is 3.95. The van der Waals surface area contributed by atoms with Crippen LogP contribution < -0.4 is 0 Å². The fourth-order valence-corrected chi connectivity index (χ4v) is 1.03. The van der Waals surface area contributed by atoms with E-state index >= 15 is 0 Å². The highest BCUT2D eigenvalue weighted by atomic mass is 16.6. The molecule has 1 rings (SSSR count). The summed E-state index contributed by atoms with van der Waals surface area (Å²) in [4.78, 5) is 42.8. The lowest BCUT2D eigenvalue weighted by molar-refractivity contribution is -0.160. The van der Waals surface area contributed by atoms with Crippen LogP contribution in [0.3, 0.4) is 0 Å². The van der Waals surface area contributed by atoms with Gasteiger partial charge in [-0.1, -0.05) is 12.1 Å². The molecule has 0 fully saturated rings. The predicted molar refractivity (Wildman–Crippen MR) is 51.5 cm³/mol. The summed E-state index contributed by atoms with van der Waals surface area (Å²) >= 11 is 0. The van der Waals surface area contributed by atoms with Crippen molar-refractivity contribution in [1.82, 2.24) is 0 Å². The first-order valence-electron chi connectivity index (χ1n) is 4.25. The van der Waals surface area contributed by atoms with Crippen molar-refractivity contribution in [3.8, 4) is 0 Å². The standard InChI is InChI=1S/C10H6O7/c11-7(12)5-3-1-2-4-6(5)9(15)17-10(16)8(13)14/h1-4H,(H,11,12)(H,13,14). The van der Waals surface area contributed by atoms with E-state index in [2.05, 4.69) is 4.74 Å². The van der Waals surface area contributed by atoms with E-state index in [9.17, 15) is 19.2 Å². The summed E-state index contributed by atoms with van der Waals surface area (Å²) in [5.41, 5.74) is -0.773. The average molecular weight is 238 g/mol. The molecule has 0 aromatic heterocycles. The van der Waals surface area contributed by atoms with Crippen LogP contribution in [-0.2, 0) is 14.3 Å². The van der Waals surface area contributed by atoms with Gasteiger partial charge in [0.15, 0.2) is 0 Å². The van der Waals surface area contributed by atoms with Gasteiger partial charge in [0.1, 0.15) is 0 Å². The van der Waals surface area contributed by atoms with Crippen molar-refractivity contribution in [3.05, 3.63) is 35.4 Å². The van der Waals surface area contributed by atoms with Gasteiger partial charge in [0.25, 0.3) is 0 Å². The number of carboxylic acids is 2. The molecule has 0 bridgehead atoms. The molecule has 0 aliphatic carbocycles. The first-order chi connectivity index (χ1) is 7.93. The molecule has 7 heteroatoms. The second kappa shape index (κ2) is 4.88. The Morgan fingerprint density at radius 3 is 1.94 bits per heavy atom. The molecule has 2 N–H and O–H groups in total. The van der Waals surface area contributed by atoms with Crippen LogP contribution in [0.1, 0.15) is 20.7 Å². The van der Waals surface area contributed by atoms with Gasteiger partial charge in [-0.15, -0.1) is 0 Å². The highest BCUT2D eigenvalue weighted by Crippen LogP contribution is 2.10. The SMILES string of the molecule is O=C(O)C(=O)OC(=O)c1ccccc1C(=O)O. The molecule has 0 atom stereocenters. The van der Waals surface area contributed by atoms with Crippen LogP contribution in [0.5, 0.6) is 0 Å². The first-order valence-corrected chi connectivity index (χ1v) is 4.25. The summed E-state index contributed by atoms with van der Waals surface area (Å²) in [5.74, 6) is -6.42. The fraction of sp³-hybridized carbons (Fsp3) is 0. The summed E-state index contributed by atoms with van der Waals surface area (Å²) in [6.07, 6.45) is 0. The number of aromatic carboxylic acids is 1. The molecule has 0 heterocycles. The number of carbonyl (C=O) groups is 4. The number of rotatable bonds is 2. The third-order valence-electron chi connectivity index (χ3n) is 1.74. The maximum absolute atomic E-state index is 11.3. The van der Waals surface area contributed by atoms with Gasteiger partial charge in [-0.3, -0.25) is 0 Å². The molecule has 1 aromatic rings. The largest absolute Gasteiger partial charge is 0.478 e. The van der Waals surface area contributed by atoms with Gasteiger partial charge < -0.3 is 14.9 Å². The molecule has 1 aromatic carbocycles. The monoisotopic (exact) mass is 238 g/mol. The number of aliphatic carboxylic acids is 1. The molecule has 88 valence electrons. The lowest BCUT2D eigenvalue weighted by Crippen LogP contribution is -2.22. The Bertz CT molecular complexity index is 503. The second-order valence-electron chi connectivity index (χ2n) is 2.83. The Morgan fingerprint density at radius 2 is 1.47 bits per heavy atom. The number of ether oxygens (including phenoxy) is 1. The number of carboxylic acid groups (broad SMARTS) is 2. The van der Waals surface area contributed by atoms with Gasteiger partial charge in [-0.25, -0.2) is 19.2 Å². The summed E-state index contributed by atoms with van der Waals surface area (Å²) in [6.45, 7) is 0. The van der Waals surface area contributed by atoms with E-state index in [1.807, 2.05) is 0 Å². The summed E-state index contributed by atoms with van der Waals surface area (Å²) in [6, 6.07) is 4.97. The first kappa shape index (κ1) is 12.4. The van der Waals surface area contributed by atoms with Crippen LogP contribution in [0.15, 0.2) is 24.3 Å². The Labute approximate surface area is 94.2 Å². The van der Waals surface area contributed by atoms with Crippen LogP contribution in [0.4, 0.5) is 0 Å². The average Bonchev–Trinajstić information content (AvgIpc) is 2.28. The zero-order valence-corrected chi connectivity index (χ0v) is 8.25. The normalized spacial score (nSPS) is 9.41. The molecule has 0 unspecified atom stereocenters. The topological polar surface area (TPSA) is 118 Å². The number of hydrogen-bond acceptors (Lipinski definition) is 5. The van der Waals surface area contributed by atoms with Crippen LogP contribution in [0, 0.1) is 0 Å². The van der Waals surface area contributed by atoms with Gasteiger partial charge >= 0.3 is 23.9 Å². The van der Waals surface area contributed by atoms with Gasteiger partial charge in [-0.05, 0) is 12.1 Å². The summed E-state index contributed by atoms with van der Waals surface area (Å²) in [5, 5.41) is 17.0. The molecule has 0 aliphatic rings. The number of esters is 2. The number of carbonyl (C=O) groups excluding carboxylic acids is 2. The molecule has 0 amide bonds. The Kier molecular flexibility index (Phi) is 3.55. The fourth-order valence-electron chi connectivity index (χ4n) is 1.03. The summed E-state index contributed by atoms with van der Waals surface area (Å²) in [7, 11) is 0. The zero-order chi connectivity index (χ0) is 13.0. The van der Waals surface area contributed by atoms with E-state index in [-0.39, 0.29) is 5.56 Å². The zero-order valence-electron chi connectivity index (χ0n) is 8.25. The molecule has 0 saturated carbocycles. The van der Waals surface area contributed by atoms with Crippen LogP contribution in [-0.4, -0.2) is 34.1 Å². The Balaban J connectivity index is 3.01. The van der Waals surface area contributed by atoms with Crippen molar-refractivity contribution >= 4 is 23.9 Å². The molecule has 0 radical (unpaired) electrons. The Morgan fingerprint density at radius 1 is 0.941 bits per heavy atom. The second-order valence-corrected chi connectivity index (χ2v) is 2.83. The quantitative estimate of drug-likeness (QED) is 0.427. The van der Waals surface area contributed by atoms with Crippen LogP contribution in [0.25, 0.3) is 0 Å². The highest BCUT2D eigenvalue weighted by Gasteiger charge is 2.23. The molecule has 0 saturated heterocycles. The van der Waals surface area contributed by atoms with E-state index in [1.54, 1.807) is 0 Å². The predicted octanol–water partition coefficient (Wildman–Crippen LogP) is 0.153. The smallest absolute Gasteiger partial charge is 0.425 e. The lowest BCUT2D eigenvalue weighted by Gasteiger charge is -2.03. The van der Waals surface area contributed by atoms with E-state index < -0.39 is 29.4 Å². The maximum Gasteiger partial charge on any atom is 0.425 e. The lowest BCUT2D eigenvalue weighted by atomic mass is 10.1. The minimum Gasteiger partial charge on any atom is -0.478 e. The van der Waals surface area contributed by atoms with Crippen molar-refractivity contribution in [1.29, 1.82) is 0 Å². The van der Waals surface area contributed by atoms with Crippen molar-refractivity contribution in [2.45, 2.75) is 0 Å². The van der Waals surface area contributed by atoms with Crippen LogP contribution in [0.2, 0.25) is 0 Å². The van der Waals surface area contributed by atoms with Crippen molar-refractivity contribution < 1.29 is 34.1 Å². The van der Waals surface area contributed by atoms with E-state index in [4.69, 9.17) is 10.2 Å². The Hall–Kier alpha value is -2.70. The molecular formula is C10H6O7.